The summed E-state index contributed by atoms with van der Waals surface area (Å²) in [5.41, 5.74) is 0.684. The van der Waals surface area contributed by atoms with Gasteiger partial charge in [0.15, 0.2) is 6.61 Å². The van der Waals surface area contributed by atoms with Gasteiger partial charge in [0.1, 0.15) is 5.82 Å². The van der Waals surface area contributed by atoms with Gasteiger partial charge in [0.2, 0.25) is 0 Å². The topological polar surface area (TPSA) is 67.0 Å². The molecule has 0 aliphatic carbocycles. The summed E-state index contributed by atoms with van der Waals surface area (Å²) in [7, 11) is 0. The summed E-state index contributed by atoms with van der Waals surface area (Å²) in [6.07, 6.45) is -3.64. The number of aromatic amines is 1. The van der Waals surface area contributed by atoms with Crippen molar-refractivity contribution in [3.8, 4) is 0 Å². The first-order valence-electron chi connectivity index (χ1n) is 4.45. The average Bonchev–Trinajstić information content (AvgIpc) is 2.61. The molecule has 0 saturated heterocycles. The third kappa shape index (κ3) is 3.79. The lowest BCUT2D eigenvalue weighted by atomic mass is 10.2. The summed E-state index contributed by atoms with van der Waals surface area (Å²) >= 11 is 0. The Morgan fingerprint density at radius 2 is 2.31 bits per heavy atom. The molecular formula is C8H10F3N3O2. The van der Waals surface area contributed by atoms with Crippen molar-refractivity contribution < 1.29 is 22.7 Å². The van der Waals surface area contributed by atoms with Crippen molar-refractivity contribution in [3.05, 3.63) is 11.8 Å². The van der Waals surface area contributed by atoms with Gasteiger partial charge in [-0.2, -0.15) is 18.3 Å². The second-order valence-electron chi connectivity index (χ2n) is 2.94. The fraction of sp³-hybridized carbons (Fsp3) is 0.500. The van der Waals surface area contributed by atoms with E-state index in [1.807, 2.05) is 6.92 Å². The maximum atomic E-state index is 11.7. The second-order valence-corrected chi connectivity index (χ2v) is 2.94. The van der Waals surface area contributed by atoms with Crippen molar-refractivity contribution in [3.63, 3.8) is 0 Å². The summed E-state index contributed by atoms with van der Waals surface area (Å²) in [5.74, 6) is 0.245. The zero-order valence-corrected chi connectivity index (χ0v) is 8.39. The Labute approximate surface area is 89.0 Å². The number of nitrogens with one attached hydrogen (secondary N) is 2. The van der Waals surface area contributed by atoms with E-state index in [4.69, 9.17) is 0 Å². The third-order valence-electron chi connectivity index (χ3n) is 1.69. The molecule has 90 valence electrons. The number of carbonyl (C=O) groups is 1. The van der Waals surface area contributed by atoms with Gasteiger partial charge in [-0.05, 0) is 6.42 Å². The number of ether oxygens (including phenoxy) is 1. The lowest BCUT2D eigenvalue weighted by Crippen LogP contribution is -2.23. The molecule has 8 heteroatoms. The Hall–Kier alpha value is -1.73. The molecule has 1 aromatic heterocycles. The molecule has 1 aromatic rings. The van der Waals surface area contributed by atoms with Gasteiger partial charge in [-0.25, -0.2) is 4.79 Å². The van der Waals surface area contributed by atoms with Crippen molar-refractivity contribution in [2.45, 2.75) is 19.5 Å². The van der Waals surface area contributed by atoms with Crippen LogP contribution in [0.2, 0.25) is 0 Å². The minimum atomic E-state index is -4.53. The van der Waals surface area contributed by atoms with Gasteiger partial charge in [-0.15, -0.1) is 0 Å². The van der Waals surface area contributed by atoms with Crippen LogP contribution in [0.1, 0.15) is 12.5 Å². The van der Waals surface area contributed by atoms with Crippen LogP contribution in [0.5, 0.6) is 0 Å². The SMILES string of the molecule is CCc1cn[nH]c1NC(=O)OCC(F)(F)F. The van der Waals surface area contributed by atoms with Crippen LogP contribution in [0, 0.1) is 0 Å². The van der Waals surface area contributed by atoms with Gasteiger partial charge in [0, 0.05) is 5.56 Å². The van der Waals surface area contributed by atoms with E-state index in [-0.39, 0.29) is 5.82 Å². The van der Waals surface area contributed by atoms with Gasteiger partial charge in [0.05, 0.1) is 6.20 Å². The second kappa shape index (κ2) is 4.86. The van der Waals surface area contributed by atoms with Gasteiger partial charge < -0.3 is 4.74 Å². The lowest BCUT2D eigenvalue weighted by Gasteiger charge is -2.08. The van der Waals surface area contributed by atoms with E-state index < -0.39 is 18.9 Å². The monoisotopic (exact) mass is 237 g/mol. The standard InChI is InChI=1S/C8H10F3N3O2/c1-2-5-3-12-14-6(5)13-7(15)16-4-8(9,10)11/h3H,2,4H2,1H3,(H2,12,13,14,15). The van der Waals surface area contributed by atoms with Crippen molar-refractivity contribution >= 4 is 11.9 Å². The molecule has 0 atom stereocenters. The normalized spacial score (nSPS) is 11.2. The molecule has 0 bridgehead atoms. The first-order valence-corrected chi connectivity index (χ1v) is 4.45. The number of hydrogen-bond donors (Lipinski definition) is 2. The Morgan fingerprint density at radius 3 is 2.88 bits per heavy atom. The van der Waals surface area contributed by atoms with Crippen LogP contribution in [-0.2, 0) is 11.2 Å². The van der Waals surface area contributed by atoms with Crippen molar-refractivity contribution in [1.82, 2.24) is 10.2 Å². The van der Waals surface area contributed by atoms with Crippen LogP contribution in [0.4, 0.5) is 23.8 Å². The molecule has 0 radical (unpaired) electrons. The first kappa shape index (κ1) is 12.3. The third-order valence-corrected chi connectivity index (χ3v) is 1.69. The minimum Gasteiger partial charge on any atom is -0.440 e. The molecule has 0 fully saturated rings. The molecule has 0 unspecified atom stereocenters. The van der Waals surface area contributed by atoms with Gasteiger partial charge in [-0.3, -0.25) is 10.4 Å². The predicted molar refractivity (Wildman–Crippen MR) is 49.0 cm³/mol. The molecule has 0 aliphatic heterocycles. The molecule has 16 heavy (non-hydrogen) atoms. The van der Waals surface area contributed by atoms with Crippen LogP contribution in [0.15, 0.2) is 6.20 Å². The Balaban J connectivity index is 2.46. The number of halogens is 3. The predicted octanol–water partition coefficient (Wildman–Crippen LogP) is 2.08. The Morgan fingerprint density at radius 1 is 1.62 bits per heavy atom. The lowest BCUT2D eigenvalue weighted by molar-refractivity contribution is -0.159. The number of amides is 1. The van der Waals surface area contributed by atoms with Crippen LogP contribution >= 0.6 is 0 Å². The number of H-pyrrole nitrogens is 1. The molecule has 5 nitrogen and oxygen atoms in total. The minimum absolute atomic E-state index is 0.245. The highest BCUT2D eigenvalue weighted by molar-refractivity contribution is 5.84. The van der Waals surface area contributed by atoms with Gasteiger partial charge in [-0.1, -0.05) is 6.92 Å². The van der Waals surface area contributed by atoms with E-state index in [1.54, 1.807) is 0 Å². The summed E-state index contributed by atoms with van der Waals surface area (Å²) in [6, 6.07) is 0. The molecule has 1 amide bonds. The molecule has 2 N–H and O–H groups in total. The van der Waals surface area contributed by atoms with E-state index in [2.05, 4.69) is 20.3 Å². The molecule has 1 heterocycles. The number of rotatable bonds is 3. The fourth-order valence-corrected chi connectivity index (χ4v) is 0.973. The molecule has 0 aliphatic rings. The maximum absolute atomic E-state index is 11.7. The zero-order chi connectivity index (χ0) is 12.2. The largest absolute Gasteiger partial charge is 0.440 e. The van der Waals surface area contributed by atoms with E-state index in [1.165, 1.54) is 6.20 Å². The number of hydrogen-bond acceptors (Lipinski definition) is 3. The number of carbonyl (C=O) groups excluding carboxylic acids is 1. The van der Waals surface area contributed by atoms with Crippen LogP contribution in [0.3, 0.4) is 0 Å². The Bertz CT molecular complexity index is 362. The highest BCUT2D eigenvalue weighted by Crippen LogP contribution is 2.16. The number of alkyl halides is 3. The molecule has 1 rings (SSSR count). The molecule has 0 spiro atoms. The Kier molecular flexibility index (Phi) is 3.75. The van der Waals surface area contributed by atoms with Crippen molar-refractivity contribution in [2.24, 2.45) is 0 Å². The average molecular weight is 237 g/mol. The van der Waals surface area contributed by atoms with Crippen molar-refractivity contribution in [1.29, 1.82) is 0 Å². The highest BCUT2D eigenvalue weighted by Gasteiger charge is 2.29. The van der Waals surface area contributed by atoms with Gasteiger partial charge >= 0.3 is 12.3 Å². The van der Waals surface area contributed by atoms with Crippen molar-refractivity contribution in [2.75, 3.05) is 11.9 Å². The maximum Gasteiger partial charge on any atom is 0.422 e. The van der Waals surface area contributed by atoms with E-state index in [0.717, 1.165) is 0 Å². The number of nitrogens with zero attached hydrogens (tertiary/aromatic N) is 1. The van der Waals surface area contributed by atoms with E-state index in [9.17, 15) is 18.0 Å². The summed E-state index contributed by atoms with van der Waals surface area (Å²) < 4.78 is 39.1. The highest BCUT2D eigenvalue weighted by atomic mass is 19.4. The smallest absolute Gasteiger partial charge is 0.422 e. The summed E-state index contributed by atoms with van der Waals surface area (Å²) in [4.78, 5) is 10.9. The fourth-order valence-electron chi connectivity index (χ4n) is 0.973. The molecule has 0 saturated carbocycles. The van der Waals surface area contributed by atoms with Gasteiger partial charge in [0.25, 0.3) is 0 Å². The van der Waals surface area contributed by atoms with E-state index in [0.29, 0.717) is 12.0 Å². The first-order chi connectivity index (χ1) is 7.42. The van der Waals surface area contributed by atoms with Crippen LogP contribution in [0.25, 0.3) is 0 Å². The quantitative estimate of drug-likeness (QED) is 0.845. The number of aryl methyl sites for hydroxylation is 1. The van der Waals surface area contributed by atoms with Crippen LogP contribution < -0.4 is 5.32 Å². The molecular weight excluding hydrogens is 227 g/mol. The number of anilines is 1. The van der Waals surface area contributed by atoms with E-state index >= 15 is 0 Å². The summed E-state index contributed by atoms with van der Waals surface area (Å²) in [5, 5.41) is 8.21. The zero-order valence-electron chi connectivity index (χ0n) is 8.39. The summed E-state index contributed by atoms with van der Waals surface area (Å²) in [6.45, 7) is 0.200. The number of aromatic nitrogens is 2. The molecule has 0 aromatic carbocycles. The van der Waals surface area contributed by atoms with Crippen LogP contribution in [-0.4, -0.2) is 29.1 Å².